The number of rotatable bonds is 2. The predicted molar refractivity (Wildman–Crippen MR) is 84.5 cm³/mol. The number of nitrogen functional groups attached to an aromatic ring is 1. The summed E-state index contributed by atoms with van der Waals surface area (Å²) < 4.78 is 0. The first-order valence-electron chi connectivity index (χ1n) is 5.76. The van der Waals surface area contributed by atoms with Gasteiger partial charge in [-0.25, -0.2) is 9.97 Å². The van der Waals surface area contributed by atoms with E-state index < -0.39 is 0 Å². The van der Waals surface area contributed by atoms with Crippen molar-refractivity contribution in [3.63, 3.8) is 0 Å². The van der Waals surface area contributed by atoms with Crippen LogP contribution in [0.2, 0.25) is 10.0 Å². The summed E-state index contributed by atoms with van der Waals surface area (Å²) in [7, 11) is 0. The van der Waals surface area contributed by atoms with E-state index in [-0.39, 0.29) is 0 Å². The van der Waals surface area contributed by atoms with Crippen molar-refractivity contribution in [1.29, 1.82) is 0 Å². The van der Waals surface area contributed by atoms with E-state index in [9.17, 15) is 0 Å². The lowest BCUT2D eigenvalue weighted by atomic mass is 10.2. The molecule has 0 aliphatic heterocycles. The molecule has 0 radical (unpaired) electrons. The average Bonchev–Trinajstić information content (AvgIpc) is 2.43. The molecule has 0 unspecified atom stereocenters. The molecule has 2 aromatic carbocycles. The van der Waals surface area contributed by atoms with Crippen LogP contribution in [0.4, 0.5) is 5.69 Å². The van der Waals surface area contributed by atoms with Crippen LogP contribution in [0.15, 0.2) is 52.6 Å². The highest BCUT2D eigenvalue weighted by Gasteiger charge is 2.09. The normalized spacial score (nSPS) is 10.9. The molecule has 1 aromatic heterocycles. The molecule has 0 aliphatic rings. The molecule has 0 spiro atoms. The van der Waals surface area contributed by atoms with Gasteiger partial charge in [-0.2, -0.15) is 0 Å². The summed E-state index contributed by atoms with van der Waals surface area (Å²) in [6.07, 6.45) is 1.52. The van der Waals surface area contributed by atoms with Crippen molar-refractivity contribution in [1.82, 2.24) is 9.97 Å². The second kappa shape index (κ2) is 5.48. The van der Waals surface area contributed by atoms with Gasteiger partial charge in [-0.05, 0) is 36.4 Å². The Labute approximate surface area is 130 Å². The summed E-state index contributed by atoms with van der Waals surface area (Å²) in [6, 6.07) is 10.9. The van der Waals surface area contributed by atoms with Gasteiger partial charge in [0.25, 0.3) is 0 Å². The first-order chi connectivity index (χ1) is 9.63. The summed E-state index contributed by atoms with van der Waals surface area (Å²) in [5.74, 6) is 0. The molecule has 3 aromatic rings. The fourth-order valence-corrected chi connectivity index (χ4v) is 3.20. The SMILES string of the molecule is Nc1ccc2c(Sc3cc(Cl)ccc3Cl)ncnc2c1. The molecule has 0 atom stereocenters. The van der Waals surface area contributed by atoms with Crippen LogP contribution < -0.4 is 5.73 Å². The van der Waals surface area contributed by atoms with Crippen molar-refractivity contribution in [2.45, 2.75) is 9.92 Å². The van der Waals surface area contributed by atoms with E-state index in [0.717, 1.165) is 20.8 Å². The largest absolute Gasteiger partial charge is 0.399 e. The topological polar surface area (TPSA) is 51.8 Å². The number of anilines is 1. The molecule has 0 fully saturated rings. The van der Waals surface area contributed by atoms with Gasteiger partial charge in [-0.15, -0.1) is 0 Å². The van der Waals surface area contributed by atoms with Crippen LogP contribution in [0.3, 0.4) is 0 Å². The minimum Gasteiger partial charge on any atom is -0.399 e. The van der Waals surface area contributed by atoms with Gasteiger partial charge in [0, 0.05) is 21.0 Å². The van der Waals surface area contributed by atoms with E-state index in [1.807, 2.05) is 24.3 Å². The first kappa shape index (κ1) is 13.5. The van der Waals surface area contributed by atoms with Gasteiger partial charge < -0.3 is 5.73 Å². The zero-order valence-corrected chi connectivity index (χ0v) is 12.5. The summed E-state index contributed by atoms with van der Waals surface area (Å²) in [4.78, 5) is 9.39. The summed E-state index contributed by atoms with van der Waals surface area (Å²) in [6.45, 7) is 0. The Morgan fingerprint density at radius 3 is 2.70 bits per heavy atom. The fourth-order valence-electron chi connectivity index (χ4n) is 1.79. The lowest BCUT2D eigenvalue weighted by Gasteiger charge is -2.07. The van der Waals surface area contributed by atoms with Crippen LogP contribution in [0.1, 0.15) is 0 Å². The van der Waals surface area contributed by atoms with Gasteiger partial charge in [0.15, 0.2) is 0 Å². The van der Waals surface area contributed by atoms with Gasteiger partial charge in [-0.1, -0.05) is 35.0 Å². The first-order valence-corrected chi connectivity index (χ1v) is 7.34. The van der Waals surface area contributed by atoms with Gasteiger partial charge >= 0.3 is 0 Å². The summed E-state index contributed by atoms with van der Waals surface area (Å²) >= 11 is 13.6. The van der Waals surface area contributed by atoms with E-state index in [4.69, 9.17) is 28.9 Å². The molecular formula is C14H9Cl2N3S. The Hall–Kier alpha value is -1.49. The molecule has 1 heterocycles. The Balaban J connectivity index is 2.09. The molecule has 0 saturated heterocycles. The Morgan fingerprint density at radius 2 is 1.85 bits per heavy atom. The number of halogens is 2. The molecule has 3 rings (SSSR count). The molecule has 20 heavy (non-hydrogen) atoms. The van der Waals surface area contributed by atoms with Crippen molar-refractivity contribution in [3.05, 3.63) is 52.8 Å². The highest BCUT2D eigenvalue weighted by atomic mass is 35.5. The lowest BCUT2D eigenvalue weighted by Crippen LogP contribution is -1.90. The highest BCUT2D eigenvalue weighted by molar-refractivity contribution is 7.99. The molecule has 6 heteroatoms. The molecule has 0 saturated carbocycles. The quantitative estimate of drug-likeness (QED) is 0.550. The highest BCUT2D eigenvalue weighted by Crippen LogP contribution is 2.36. The maximum atomic E-state index is 6.18. The zero-order valence-electron chi connectivity index (χ0n) is 10.2. The number of benzene rings is 2. The Kier molecular flexibility index (Phi) is 3.70. The summed E-state index contributed by atoms with van der Waals surface area (Å²) in [5.41, 5.74) is 7.24. The van der Waals surface area contributed by atoms with Crippen LogP contribution in [-0.4, -0.2) is 9.97 Å². The van der Waals surface area contributed by atoms with Crippen molar-refractivity contribution < 1.29 is 0 Å². The number of hydrogen-bond donors (Lipinski definition) is 1. The third-order valence-corrected chi connectivity index (χ3v) is 4.48. The van der Waals surface area contributed by atoms with Crippen molar-refractivity contribution in [2.75, 3.05) is 5.73 Å². The van der Waals surface area contributed by atoms with Gasteiger partial charge in [0.05, 0.1) is 10.5 Å². The third-order valence-electron chi connectivity index (χ3n) is 2.72. The van der Waals surface area contributed by atoms with E-state index in [1.54, 1.807) is 12.1 Å². The maximum Gasteiger partial charge on any atom is 0.117 e. The van der Waals surface area contributed by atoms with E-state index in [2.05, 4.69) is 9.97 Å². The van der Waals surface area contributed by atoms with Crippen molar-refractivity contribution in [3.8, 4) is 0 Å². The summed E-state index contributed by atoms with van der Waals surface area (Å²) in [5, 5.41) is 3.03. The van der Waals surface area contributed by atoms with Crippen LogP contribution in [-0.2, 0) is 0 Å². The number of nitrogens with zero attached hydrogens (tertiary/aromatic N) is 2. The minimum absolute atomic E-state index is 0.638. The minimum atomic E-state index is 0.638. The van der Waals surface area contributed by atoms with Crippen LogP contribution in [0, 0.1) is 0 Å². The van der Waals surface area contributed by atoms with E-state index in [1.165, 1.54) is 18.1 Å². The molecule has 0 aliphatic carbocycles. The van der Waals surface area contributed by atoms with Crippen molar-refractivity contribution in [2.24, 2.45) is 0 Å². The number of fused-ring (bicyclic) bond motifs is 1. The molecular weight excluding hydrogens is 313 g/mol. The second-order valence-corrected chi connectivity index (χ2v) is 6.01. The predicted octanol–water partition coefficient (Wildman–Crippen LogP) is 4.67. The number of nitrogens with two attached hydrogens (primary N) is 1. The number of aromatic nitrogens is 2. The Bertz CT molecular complexity index is 792. The molecule has 100 valence electrons. The molecule has 3 nitrogen and oxygen atoms in total. The molecule has 0 bridgehead atoms. The molecule has 0 amide bonds. The number of hydrogen-bond acceptors (Lipinski definition) is 4. The van der Waals surface area contributed by atoms with Gasteiger partial charge in [0.1, 0.15) is 11.4 Å². The van der Waals surface area contributed by atoms with Crippen molar-refractivity contribution >= 4 is 51.6 Å². The third kappa shape index (κ3) is 2.68. The lowest BCUT2D eigenvalue weighted by molar-refractivity contribution is 1.10. The van der Waals surface area contributed by atoms with Gasteiger partial charge in [0.2, 0.25) is 0 Å². The standard InChI is InChI=1S/C14H9Cl2N3S/c15-8-1-4-11(16)13(5-8)20-14-10-3-2-9(17)6-12(10)18-7-19-14/h1-7H,17H2. The molecule has 2 N–H and O–H groups in total. The maximum absolute atomic E-state index is 6.18. The monoisotopic (exact) mass is 321 g/mol. The van der Waals surface area contributed by atoms with E-state index >= 15 is 0 Å². The van der Waals surface area contributed by atoms with Crippen LogP contribution >= 0.6 is 35.0 Å². The van der Waals surface area contributed by atoms with Crippen LogP contribution in [0.5, 0.6) is 0 Å². The van der Waals surface area contributed by atoms with Crippen LogP contribution in [0.25, 0.3) is 10.9 Å². The second-order valence-electron chi connectivity index (χ2n) is 4.13. The zero-order chi connectivity index (χ0) is 14.1. The Morgan fingerprint density at radius 1 is 1.00 bits per heavy atom. The van der Waals surface area contributed by atoms with Gasteiger partial charge in [-0.3, -0.25) is 0 Å². The van der Waals surface area contributed by atoms with E-state index in [0.29, 0.717) is 15.7 Å². The smallest absolute Gasteiger partial charge is 0.117 e. The average molecular weight is 322 g/mol. The fraction of sp³-hybridized carbons (Fsp3) is 0.